The molecule has 0 radical (unpaired) electrons. The largest absolute Gasteiger partial charge is 0.440 e. The lowest BCUT2D eigenvalue weighted by Crippen LogP contribution is -2.11. The summed E-state index contributed by atoms with van der Waals surface area (Å²) in [5.74, 6) is 0.882. The van der Waals surface area contributed by atoms with Gasteiger partial charge < -0.3 is 10.2 Å². The highest BCUT2D eigenvalue weighted by Gasteiger charge is 2.14. The van der Waals surface area contributed by atoms with Gasteiger partial charge in [0.2, 0.25) is 5.89 Å². The highest BCUT2D eigenvalue weighted by molar-refractivity contribution is 7.84. The number of benzene rings is 1. The van der Waals surface area contributed by atoms with Crippen molar-refractivity contribution in [3.05, 3.63) is 24.1 Å². The Morgan fingerprint density at radius 2 is 2.29 bits per heavy atom. The predicted octanol–water partition coefficient (Wildman–Crippen LogP) is 2.46. The third-order valence-electron chi connectivity index (χ3n) is 2.75. The van der Waals surface area contributed by atoms with Crippen LogP contribution in [0.25, 0.3) is 11.1 Å². The van der Waals surface area contributed by atoms with Crippen molar-refractivity contribution < 1.29 is 8.63 Å². The summed E-state index contributed by atoms with van der Waals surface area (Å²) in [6.07, 6.45) is 0.889. The molecule has 17 heavy (non-hydrogen) atoms. The van der Waals surface area contributed by atoms with E-state index < -0.39 is 10.8 Å². The molecule has 0 aliphatic heterocycles. The van der Waals surface area contributed by atoms with Crippen LogP contribution in [0.4, 0.5) is 5.69 Å². The lowest BCUT2D eigenvalue weighted by molar-refractivity contribution is 0.551. The van der Waals surface area contributed by atoms with Gasteiger partial charge in [0.05, 0.1) is 0 Å². The van der Waals surface area contributed by atoms with Crippen molar-refractivity contribution in [2.75, 3.05) is 5.73 Å². The number of nitrogens with zero attached hydrogens (tertiary/aromatic N) is 1. The van der Waals surface area contributed by atoms with Crippen LogP contribution in [0.1, 0.15) is 26.2 Å². The minimum Gasteiger partial charge on any atom is -0.440 e. The first-order valence-electron chi connectivity index (χ1n) is 5.62. The summed E-state index contributed by atoms with van der Waals surface area (Å²) in [5.41, 5.74) is 7.73. The molecule has 0 saturated carbocycles. The van der Waals surface area contributed by atoms with Crippen molar-refractivity contribution in [2.45, 2.75) is 31.3 Å². The SMILES string of the molecule is CCC(C)S(=O)Cc1nc2cc(N)ccc2o1. The number of rotatable bonds is 4. The summed E-state index contributed by atoms with van der Waals surface area (Å²) in [6, 6.07) is 5.31. The molecule has 2 unspecified atom stereocenters. The fourth-order valence-electron chi connectivity index (χ4n) is 1.50. The standard InChI is InChI=1S/C12H16N2O2S/c1-3-8(2)17(15)7-12-14-10-6-9(13)4-5-11(10)16-12/h4-6,8H,3,7,13H2,1-2H3. The summed E-state index contributed by atoms with van der Waals surface area (Å²) in [5, 5.41) is 0.162. The van der Waals surface area contributed by atoms with Gasteiger partial charge in [0.25, 0.3) is 0 Å². The Bertz CT molecular complexity index is 550. The van der Waals surface area contributed by atoms with E-state index in [0.29, 0.717) is 22.9 Å². The highest BCUT2D eigenvalue weighted by atomic mass is 32.2. The Kier molecular flexibility index (Phi) is 3.47. The van der Waals surface area contributed by atoms with Crippen molar-refractivity contribution in [1.82, 2.24) is 4.98 Å². The van der Waals surface area contributed by atoms with E-state index in [9.17, 15) is 4.21 Å². The maximum atomic E-state index is 11.9. The molecule has 0 aliphatic carbocycles. The molecule has 0 fully saturated rings. The number of nitrogens with two attached hydrogens (primary N) is 1. The van der Waals surface area contributed by atoms with Crippen molar-refractivity contribution >= 4 is 27.6 Å². The molecule has 5 heteroatoms. The van der Waals surface area contributed by atoms with Gasteiger partial charge in [0.15, 0.2) is 5.58 Å². The zero-order valence-electron chi connectivity index (χ0n) is 9.97. The van der Waals surface area contributed by atoms with Crippen LogP contribution in [0.15, 0.2) is 22.6 Å². The van der Waals surface area contributed by atoms with Gasteiger partial charge in [-0.1, -0.05) is 13.8 Å². The maximum Gasteiger partial charge on any atom is 0.208 e. The fourth-order valence-corrected chi connectivity index (χ4v) is 2.53. The number of anilines is 1. The van der Waals surface area contributed by atoms with E-state index in [1.54, 1.807) is 18.2 Å². The minimum atomic E-state index is -0.935. The first kappa shape index (κ1) is 12.1. The van der Waals surface area contributed by atoms with Crippen molar-refractivity contribution in [2.24, 2.45) is 0 Å². The first-order valence-corrected chi connectivity index (χ1v) is 7.00. The third kappa shape index (κ3) is 2.66. The number of fused-ring (bicyclic) bond motifs is 1. The van der Waals surface area contributed by atoms with Gasteiger partial charge in [-0.2, -0.15) is 0 Å². The lowest BCUT2D eigenvalue weighted by atomic mass is 10.3. The molecule has 2 aromatic rings. The monoisotopic (exact) mass is 252 g/mol. The molecule has 4 nitrogen and oxygen atoms in total. The van der Waals surface area contributed by atoms with Crippen LogP contribution in [-0.4, -0.2) is 14.4 Å². The van der Waals surface area contributed by atoms with Crippen LogP contribution in [0.2, 0.25) is 0 Å². The van der Waals surface area contributed by atoms with Gasteiger partial charge in [-0.3, -0.25) is 4.21 Å². The first-order chi connectivity index (χ1) is 8.10. The average Bonchev–Trinajstić information content (AvgIpc) is 2.69. The summed E-state index contributed by atoms with van der Waals surface area (Å²) in [4.78, 5) is 4.29. The van der Waals surface area contributed by atoms with Crippen LogP contribution in [-0.2, 0) is 16.6 Å². The number of oxazole rings is 1. The molecule has 2 atom stereocenters. The van der Waals surface area contributed by atoms with Gasteiger partial charge in [-0.05, 0) is 24.6 Å². The molecular weight excluding hydrogens is 236 g/mol. The Labute approximate surface area is 103 Å². The molecular formula is C12H16N2O2S. The summed E-state index contributed by atoms with van der Waals surface area (Å²) in [7, 11) is -0.935. The van der Waals surface area contributed by atoms with Gasteiger partial charge in [0.1, 0.15) is 11.3 Å². The van der Waals surface area contributed by atoms with E-state index in [4.69, 9.17) is 10.2 Å². The quantitative estimate of drug-likeness (QED) is 0.849. The molecule has 1 aromatic heterocycles. The number of hydrogen-bond donors (Lipinski definition) is 1. The normalized spacial score (nSPS) is 14.9. The second kappa shape index (κ2) is 4.87. The van der Waals surface area contributed by atoms with E-state index in [1.165, 1.54) is 0 Å². The Morgan fingerprint density at radius 3 is 3.00 bits per heavy atom. The molecule has 0 aliphatic rings. The lowest BCUT2D eigenvalue weighted by Gasteiger charge is -2.05. The number of hydrogen-bond acceptors (Lipinski definition) is 4. The zero-order valence-corrected chi connectivity index (χ0v) is 10.8. The molecule has 2 N–H and O–H groups in total. The van der Waals surface area contributed by atoms with E-state index in [2.05, 4.69) is 4.98 Å². The molecule has 2 rings (SSSR count). The topological polar surface area (TPSA) is 69.1 Å². The van der Waals surface area contributed by atoms with Gasteiger partial charge >= 0.3 is 0 Å². The smallest absolute Gasteiger partial charge is 0.208 e. The Hall–Kier alpha value is -1.36. The molecule has 92 valence electrons. The van der Waals surface area contributed by atoms with Crippen LogP contribution in [0.5, 0.6) is 0 Å². The van der Waals surface area contributed by atoms with Crippen LogP contribution < -0.4 is 5.73 Å². The van der Waals surface area contributed by atoms with E-state index in [-0.39, 0.29) is 5.25 Å². The minimum absolute atomic E-state index is 0.162. The van der Waals surface area contributed by atoms with Crippen LogP contribution >= 0.6 is 0 Å². The third-order valence-corrected chi connectivity index (χ3v) is 4.51. The highest BCUT2D eigenvalue weighted by Crippen LogP contribution is 2.19. The summed E-state index contributed by atoms with van der Waals surface area (Å²) < 4.78 is 17.4. The van der Waals surface area contributed by atoms with Crippen molar-refractivity contribution in [3.63, 3.8) is 0 Å². The molecule has 1 heterocycles. The van der Waals surface area contributed by atoms with Gasteiger partial charge in [-0.25, -0.2) is 4.98 Å². The van der Waals surface area contributed by atoms with E-state index >= 15 is 0 Å². The fraction of sp³-hybridized carbons (Fsp3) is 0.417. The van der Waals surface area contributed by atoms with E-state index in [1.807, 2.05) is 13.8 Å². The molecule has 0 spiro atoms. The van der Waals surface area contributed by atoms with Crippen molar-refractivity contribution in [1.29, 1.82) is 0 Å². The van der Waals surface area contributed by atoms with Crippen molar-refractivity contribution in [3.8, 4) is 0 Å². The molecule has 1 aromatic carbocycles. The van der Waals surface area contributed by atoms with Gasteiger partial charge in [-0.15, -0.1) is 0 Å². The summed E-state index contributed by atoms with van der Waals surface area (Å²) >= 11 is 0. The molecule has 0 saturated heterocycles. The van der Waals surface area contributed by atoms with Crippen LogP contribution in [0, 0.1) is 0 Å². The van der Waals surface area contributed by atoms with E-state index in [0.717, 1.165) is 11.9 Å². The number of aromatic nitrogens is 1. The van der Waals surface area contributed by atoms with Gasteiger partial charge in [0, 0.05) is 21.7 Å². The van der Waals surface area contributed by atoms with Crippen LogP contribution in [0.3, 0.4) is 0 Å². The number of nitrogen functional groups attached to an aromatic ring is 1. The molecule has 0 amide bonds. The Morgan fingerprint density at radius 1 is 1.53 bits per heavy atom. The zero-order chi connectivity index (χ0) is 12.4. The summed E-state index contributed by atoms with van der Waals surface area (Å²) in [6.45, 7) is 3.99. The molecule has 0 bridgehead atoms. The second-order valence-electron chi connectivity index (χ2n) is 4.08. The maximum absolute atomic E-state index is 11.9. The predicted molar refractivity (Wildman–Crippen MR) is 70.0 cm³/mol. The average molecular weight is 252 g/mol. The Balaban J connectivity index is 2.22. The second-order valence-corrected chi connectivity index (χ2v) is 5.93.